The summed E-state index contributed by atoms with van der Waals surface area (Å²) in [6, 6.07) is 4.28. The molecule has 0 aliphatic heterocycles. The van der Waals surface area contributed by atoms with Gasteiger partial charge in [0.05, 0.1) is 18.9 Å². The summed E-state index contributed by atoms with van der Waals surface area (Å²) in [5.74, 6) is 0.836. The van der Waals surface area contributed by atoms with Crippen LogP contribution in [0.25, 0.3) is 0 Å². The van der Waals surface area contributed by atoms with E-state index in [9.17, 15) is 5.11 Å². The van der Waals surface area contributed by atoms with Crippen molar-refractivity contribution in [2.24, 2.45) is 0 Å². The molecule has 1 heterocycles. The van der Waals surface area contributed by atoms with Crippen LogP contribution in [0.5, 0.6) is 0 Å². The Morgan fingerprint density at radius 2 is 2.20 bits per heavy atom. The van der Waals surface area contributed by atoms with E-state index in [1.54, 1.807) is 6.26 Å². The van der Waals surface area contributed by atoms with E-state index in [0.29, 0.717) is 6.04 Å². The Morgan fingerprint density at radius 3 is 2.80 bits per heavy atom. The molecule has 1 atom stereocenters. The number of nitrogens with one attached hydrogen (secondary N) is 1. The van der Waals surface area contributed by atoms with Gasteiger partial charge in [0.2, 0.25) is 0 Å². The largest absolute Gasteiger partial charge is 0.468 e. The molecule has 0 spiro atoms. The van der Waals surface area contributed by atoms with Crippen LogP contribution in [-0.4, -0.2) is 17.8 Å². The molecule has 1 aliphatic carbocycles. The lowest BCUT2D eigenvalue weighted by Gasteiger charge is -2.26. The van der Waals surface area contributed by atoms with E-state index in [-0.39, 0.29) is 12.6 Å². The second kappa shape index (κ2) is 5.33. The van der Waals surface area contributed by atoms with Crippen molar-refractivity contribution in [3.8, 4) is 0 Å². The van der Waals surface area contributed by atoms with E-state index < -0.39 is 0 Å². The fourth-order valence-electron chi connectivity index (χ4n) is 2.27. The molecule has 1 saturated carbocycles. The molecule has 3 heteroatoms. The summed E-state index contributed by atoms with van der Waals surface area (Å²) in [7, 11) is 0. The number of hydrogen-bond donors (Lipinski definition) is 2. The van der Waals surface area contributed by atoms with Crippen molar-refractivity contribution in [1.29, 1.82) is 0 Å². The SMILES string of the molecule is OCC(NC1CCCCC1)c1ccco1. The molecule has 1 aromatic rings. The first kappa shape index (κ1) is 10.7. The minimum atomic E-state index is -0.0388. The van der Waals surface area contributed by atoms with Gasteiger partial charge in [-0.25, -0.2) is 0 Å². The van der Waals surface area contributed by atoms with E-state index >= 15 is 0 Å². The van der Waals surface area contributed by atoms with Gasteiger partial charge in [0.25, 0.3) is 0 Å². The Hall–Kier alpha value is -0.800. The Kier molecular flexibility index (Phi) is 3.80. The maximum Gasteiger partial charge on any atom is 0.123 e. The third-order valence-corrected chi connectivity index (χ3v) is 3.11. The van der Waals surface area contributed by atoms with Gasteiger partial charge in [0.1, 0.15) is 5.76 Å². The van der Waals surface area contributed by atoms with Gasteiger partial charge in [-0.3, -0.25) is 0 Å². The highest BCUT2D eigenvalue weighted by atomic mass is 16.3. The molecule has 1 aromatic heterocycles. The third kappa shape index (κ3) is 2.83. The first-order valence-electron chi connectivity index (χ1n) is 5.80. The summed E-state index contributed by atoms with van der Waals surface area (Å²) < 4.78 is 5.31. The molecule has 2 rings (SSSR count). The number of hydrogen-bond acceptors (Lipinski definition) is 3. The minimum Gasteiger partial charge on any atom is -0.468 e. The standard InChI is InChI=1S/C12H19NO2/c14-9-11(12-7-4-8-15-12)13-10-5-2-1-3-6-10/h4,7-8,10-11,13-14H,1-3,5-6,9H2. The third-order valence-electron chi connectivity index (χ3n) is 3.11. The van der Waals surface area contributed by atoms with Gasteiger partial charge in [0.15, 0.2) is 0 Å². The molecule has 0 aromatic carbocycles. The van der Waals surface area contributed by atoms with Crippen molar-refractivity contribution in [2.75, 3.05) is 6.61 Å². The van der Waals surface area contributed by atoms with Crippen LogP contribution >= 0.6 is 0 Å². The maximum atomic E-state index is 9.31. The van der Waals surface area contributed by atoms with Gasteiger partial charge in [-0.1, -0.05) is 19.3 Å². The number of furan rings is 1. The zero-order chi connectivity index (χ0) is 10.5. The van der Waals surface area contributed by atoms with Crippen molar-refractivity contribution < 1.29 is 9.52 Å². The minimum absolute atomic E-state index is 0.0388. The molecule has 3 nitrogen and oxygen atoms in total. The average molecular weight is 209 g/mol. The summed E-state index contributed by atoms with van der Waals surface area (Å²) in [6.45, 7) is 0.101. The molecule has 0 saturated heterocycles. The second-order valence-electron chi connectivity index (χ2n) is 4.25. The quantitative estimate of drug-likeness (QED) is 0.799. The lowest BCUT2D eigenvalue weighted by molar-refractivity contribution is 0.203. The van der Waals surface area contributed by atoms with Crippen molar-refractivity contribution in [2.45, 2.75) is 44.2 Å². The normalized spacial score (nSPS) is 20.3. The summed E-state index contributed by atoms with van der Waals surface area (Å²) >= 11 is 0. The number of aliphatic hydroxyl groups excluding tert-OH is 1. The van der Waals surface area contributed by atoms with Crippen molar-refractivity contribution in [1.82, 2.24) is 5.32 Å². The molecule has 2 N–H and O–H groups in total. The lowest BCUT2D eigenvalue weighted by Crippen LogP contribution is -2.35. The summed E-state index contributed by atoms with van der Waals surface area (Å²) in [4.78, 5) is 0. The molecule has 1 unspecified atom stereocenters. The van der Waals surface area contributed by atoms with Gasteiger partial charge < -0.3 is 14.8 Å². The Morgan fingerprint density at radius 1 is 1.40 bits per heavy atom. The fourth-order valence-corrected chi connectivity index (χ4v) is 2.27. The summed E-state index contributed by atoms with van der Waals surface area (Å²) in [5.41, 5.74) is 0. The number of aliphatic hydroxyl groups is 1. The van der Waals surface area contributed by atoms with E-state index in [1.165, 1.54) is 32.1 Å². The van der Waals surface area contributed by atoms with Crippen LogP contribution < -0.4 is 5.32 Å². The summed E-state index contributed by atoms with van der Waals surface area (Å²) in [6.07, 6.45) is 8.04. The molecule has 84 valence electrons. The maximum absolute atomic E-state index is 9.31. The molecular weight excluding hydrogens is 190 g/mol. The Labute approximate surface area is 90.5 Å². The zero-order valence-electron chi connectivity index (χ0n) is 8.98. The van der Waals surface area contributed by atoms with Crippen LogP contribution in [-0.2, 0) is 0 Å². The van der Waals surface area contributed by atoms with E-state index in [4.69, 9.17) is 4.42 Å². The van der Waals surface area contributed by atoms with Crippen molar-refractivity contribution >= 4 is 0 Å². The highest BCUT2D eigenvalue weighted by molar-refractivity contribution is 5.04. The van der Waals surface area contributed by atoms with Crippen molar-refractivity contribution in [3.63, 3.8) is 0 Å². The van der Waals surface area contributed by atoms with E-state index in [1.807, 2.05) is 12.1 Å². The molecule has 1 aliphatic rings. The van der Waals surface area contributed by atoms with Gasteiger partial charge in [-0.05, 0) is 25.0 Å². The van der Waals surface area contributed by atoms with Crippen LogP contribution in [0.3, 0.4) is 0 Å². The molecule has 0 bridgehead atoms. The fraction of sp³-hybridized carbons (Fsp3) is 0.667. The first-order chi connectivity index (χ1) is 7.40. The lowest BCUT2D eigenvalue weighted by atomic mass is 9.95. The predicted octanol–water partition coefficient (Wildman–Crippen LogP) is 2.24. The zero-order valence-corrected chi connectivity index (χ0v) is 8.98. The second-order valence-corrected chi connectivity index (χ2v) is 4.25. The van der Waals surface area contributed by atoms with Crippen LogP contribution in [0.4, 0.5) is 0 Å². The van der Waals surface area contributed by atoms with Crippen molar-refractivity contribution in [3.05, 3.63) is 24.2 Å². The molecule has 0 amide bonds. The molecular formula is C12H19NO2. The van der Waals surface area contributed by atoms with Crippen LogP contribution in [0, 0.1) is 0 Å². The van der Waals surface area contributed by atoms with Gasteiger partial charge in [-0.15, -0.1) is 0 Å². The monoisotopic (exact) mass is 209 g/mol. The molecule has 1 fully saturated rings. The first-order valence-corrected chi connectivity index (χ1v) is 5.80. The average Bonchev–Trinajstić information content (AvgIpc) is 2.81. The predicted molar refractivity (Wildman–Crippen MR) is 58.5 cm³/mol. The highest BCUT2D eigenvalue weighted by Gasteiger charge is 2.19. The van der Waals surface area contributed by atoms with Gasteiger partial charge in [0, 0.05) is 6.04 Å². The summed E-state index contributed by atoms with van der Waals surface area (Å²) in [5, 5.41) is 12.8. The Balaban J connectivity index is 1.90. The van der Waals surface area contributed by atoms with E-state index in [0.717, 1.165) is 5.76 Å². The van der Waals surface area contributed by atoms with Gasteiger partial charge in [-0.2, -0.15) is 0 Å². The van der Waals surface area contributed by atoms with Crippen LogP contribution in [0.1, 0.15) is 43.9 Å². The topological polar surface area (TPSA) is 45.4 Å². The Bertz CT molecular complexity index is 265. The van der Waals surface area contributed by atoms with Crippen LogP contribution in [0.15, 0.2) is 22.8 Å². The van der Waals surface area contributed by atoms with Gasteiger partial charge >= 0.3 is 0 Å². The molecule has 0 radical (unpaired) electrons. The highest BCUT2D eigenvalue weighted by Crippen LogP contribution is 2.21. The smallest absolute Gasteiger partial charge is 0.123 e. The van der Waals surface area contributed by atoms with E-state index in [2.05, 4.69) is 5.32 Å². The molecule has 15 heavy (non-hydrogen) atoms. The number of rotatable bonds is 4. The van der Waals surface area contributed by atoms with Crippen LogP contribution in [0.2, 0.25) is 0 Å².